The molecule has 86 valence electrons. The Labute approximate surface area is 89.6 Å². The quantitative estimate of drug-likeness (QED) is 0.587. The lowest BCUT2D eigenvalue weighted by molar-refractivity contribution is -0.134. The summed E-state index contributed by atoms with van der Waals surface area (Å²) in [6, 6.07) is 0. The van der Waals surface area contributed by atoms with Gasteiger partial charge in [0.2, 0.25) is 11.8 Å². The summed E-state index contributed by atoms with van der Waals surface area (Å²) in [5.41, 5.74) is 10.2. The molecular weight excluding hydrogens is 194 g/mol. The first-order valence-electron chi connectivity index (χ1n) is 5.37. The maximum absolute atomic E-state index is 11.9. The third-order valence-electron chi connectivity index (χ3n) is 3.11. The van der Waals surface area contributed by atoms with Crippen molar-refractivity contribution in [2.24, 2.45) is 16.9 Å². The Hall–Kier alpha value is -1.10. The summed E-state index contributed by atoms with van der Waals surface area (Å²) in [5, 5.41) is 2.55. The van der Waals surface area contributed by atoms with Gasteiger partial charge in [-0.15, -0.1) is 0 Å². The smallest absolute Gasteiger partial charge is 0.236 e. The van der Waals surface area contributed by atoms with Gasteiger partial charge in [-0.25, -0.2) is 0 Å². The van der Waals surface area contributed by atoms with Crippen LogP contribution in [-0.4, -0.2) is 24.9 Å². The fraction of sp³-hybridized carbons (Fsp3) is 0.800. The van der Waals surface area contributed by atoms with Crippen LogP contribution in [0.3, 0.4) is 0 Å². The van der Waals surface area contributed by atoms with Gasteiger partial charge in [-0.2, -0.15) is 0 Å². The number of rotatable bonds is 4. The van der Waals surface area contributed by atoms with Crippen LogP contribution < -0.4 is 16.8 Å². The van der Waals surface area contributed by atoms with Crippen molar-refractivity contribution >= 4 is 11.8 Å². The highest BCUT2D eigenvalue weighted by Crippen LogP contribution is 2.35. The van der Waals surface area contributed by atoms with Crippen LogP contribution in [0.5, 0.6) is 0 Å². The van der Waals surface area contributed by atoms with Crippen LogP contribution in [0.25, 0.3) is 0 Å². The van der Waals surface area contributed by atoms with Crippen LogP contribution in [0.4, 0.5) is 0 Å². The number of amides is 2. The molecule has 0 aromatic heterocycles. The van der Waals surface area contributed by atoms with Crippen molar-refractivity contribution in [3.05, 3.63) is 0 Å². The molecular formula is C10H19N3O2. The molecule has 0 unspecified atom stereocenters. The van der Waals surface area contributed by atoms with Crippen molar-refractivity contribution in [1.29, 1.82) is 0 Å². The summed E-state index contributed by atoms with van der Waals surface area (Å²) in [6.45, 7) is 0.248. The molecule has 0 atom stereocenters. The molecule has 0 aliphatic heterocycles. The number of carbonyl (C=O) groups excluding carboxylic acids is 2. The summed E-state index contributed by atoms with van der Waals surface area (Å²) >= 11 is 0. The van der Waals surface area contributed by atoms with E-state index in [1.165, 1.54) is 0 Å². The highest BCUT2D eigenvalue weighted by Gasteiger charge is 2.37. The highest BCUT2D eigenvalue weighted by atomic mass is 16.2. The average Bonchev–Trinajstić information content (AvgIpc) is 2.26. The molecule has 1 rings (SSSR count). The van der Waals surface area contributed by atoms with Gasteiger partial charge in [0.1, 0.15) is 0 Å². The van der Waals surface area contributed by atoms with Gasteiger partial charge in [-0.3, -0.25) is 9.59 Å². The van der Waals surface area contributed by atoms with Crippen LogP contribution in [0.15, 0.2) is 0 Å². The molecule has 1 aliphatic carbocycles. The van der Waals surface area contributed by atoms with Gasteiger partial charge >= 0.3 is 0 Å². The Balaban J connectivity index is 2.55. The number of carbonyl (C=O) groups is 2. The molecule has 2 amide bonds. The predicted molar refractivity (Wildman–Crippen MR) is 56.8 cm³/mol. The minimum absolute atomic E-state index is 0.0966. The predicted octanol–water partition coefficient (Wildman–Crippen LogP) is -0.503. The van der Waals surface area contributed by atoms with Crippen LogP contribution >= 0.6 is 0 Å². The summed E-state index contributed by atoms with van der Waals surface area (Å²) in [5.74, 6) is -0.644. The second-order valence-electron chi connectivity index (χ2n) is 4.19. The van der Waals surface area contributed by atoms with Gasteiger partial charge in [0.15, 0.2) is 0 Å². The molecule has 0 radical (unpaired) electrons. The van der Waals surface area contributed by atoms with Gasteiger partial charge in [0.05, 0.1) is 12.0 Å². The maximum atomic E-state index is 11.9. The molecule has 5 heteroatoms. The SMILES string of the molecule is NCC1(C(=O)NCC(N)=O)CCCCC1. The van der Waals surface area contributed by atoms with Gasteiger partial charge < -0.3 is 16.8 Å². The molecule has 5 N–H and O–H groups in total. The fourth-order valence-corrected chi connectivity index (χ4v) is 2.11. The minimum atomic E-state index is -0.522. The van der Waals surface area contributed by atoms with Gasteiger partial charge in [0.25, 0.3) is 0 Å². The van der Waals surface area contributed by atoms with E-state index in [4.69, 9.17) is 11.5 Å². The van der Waals surface area contributed by atoms with E-state index in [1.54, 1.807) is 0 Å². The van der Waals surface area contributed by atoms with Crippen molar-refractivity contribution in [2.45, 2.75) is 32.1 Å². The molecule has 0 spiro atoms. The number of primary amides is 1. The summed E-state index contributed by atoms with van der Waals surface area (Å²) in [4.78, 5) is 22.4. The van der Waals surface area contributed by atoms with Crippen molar-refractivity contribution in [3.8, 4) is 0 Å². The zero-order valence-electron chi connectivity index (χ0n) is 8.92. The minimum Gasteiger partial charge on any atom is -0.368 e. The number of nitrogens with one attached hydrogen (secondary N) is 1. The molecule has 0 heterocycles. The Morgan fingerprint density at radius 2 is 1.80 bits per heavy atom. The van der Waals surface area contributed by atoms with E-state index >= 15 is 0 Å². The summed E-state index contributed by atoms with van der Waals surface area (Å²) < 4.78 is 0. The Bertz CT molecular complexity index is 247. The zero-order valence-corrected chi connectivity index (χ0v) is 8.92. The molecule has 0 aromatic rings. The maximum Gasteiger partial charge on any atom is 0.236 e. The van der Waals surface area contributed by atoms with Crippen molar-refractivity contribution < 1.29 is 9.59 Å². The van der Waals surface area contributed by atoms with Gasteiger partial charge in [-0.05, 0) is 12.8 Å². The first-order chi connectivity index (χ1) is 7.10. The van der Waals surface area contributed by atoms with Gasteiger partial charge in [0, 0.05) is 6.54 Å². The summed E-state index contributed by atoms with van der Waals surface area (Å²) in [6.07, 6.45) is 4.84. The fourth-order valence-electron chi connectivity index (χ4n) is 2.11. The van der Waals surface area contributed by atoms with Crippen molar-refractivity contribution in [2.75, 3.05) is 13.1 Å². The molecule has 0 bridgehead atoms. The average molecular weight is 213 g/mol. The summed E-state index contributed by atoms with van der Waals surface area (Å²) in [7, 11) is 0. The van der Waals surface area contributed by atoms with E-state index in [0.717, 1.165) is 32.1 Å². The largest absolute Gasteiger partial charge is 0.368 e. The molecule has 15 heavy (non-hydrogen) atoms. The molecule has 1 saturated carbocycles. The van der Waals surface area contributed by atoms with E-state index in [0.29, 0.717) is 6.54 Å². The second kappa shape index (κ2) is 5.11. The van der Waals surface area contributed by atoms with E-state index in [9.17, 15) is 9.59 Å². The van der Waals surface area contributed by atoms with E-state index in [-0.39, 0.29) is 12.5 Å². The van der Waals surface area contributed by atoms with Crippen LogP contribution in [0.2, 0.25) is 0 Å². The second-order valence-corrected chi connectivity index (χ2v) is 4.19. The Kier molecular flexibility index (Phi) is 4.08. The van der Waals surface area contributed by atoms with E-state index in [1.807, 2.05) is 0 Å². The first-order valence-corrected chi connectivity index (χ1v) is 5.37. The van der Waals surface area contributed by atoms with Crippen LogP contribution in [0.1, 0.15) is 32.1 Å². The number of nitrogens with two attached hydrogens (primary N) is 2. The standard InChI is InChI=1S/C10H19N3O2/c11-7-10(4-2-1-3-5-10)9(15)13-6-8(12)14/h1-7,11H2,(H2,12,14)(H,13,15). The zero-order chi connectivity index (χ0) is 11.3. The Morgan fingerprint density at radius 1 is 1.20 bits per heavy atom. The van der Waals surface area contributed by atoms with Crippen molar-refractivity contribution in [1.82, 2.24) is 5.32 Å². The normalized spacial score (nSPS) is 19.5. The molecule has 1 aliphatic rings. The monoisotopic (exact) mass is 213 g/mol. The van der Waals surface area contributed by atoms with Gasteiger partial charge in [-0.1, -0.05) is 19.3 Å². The van der Waals surface area contributed by atoms with Crippen LogP contribution in [0, 0.1) is 5.41 Å². The molecule has 0 saturated heterocycles. The lowest BCUT2D eigenvalue weighted by atomic mass is 9.73. The van der Waals surface area contributed by atoms with Crippen LogP contribution in [-0.2, 0) is 9.59 Å². The molecule has 0 aromatic carbocycles. The Morgan fingerprint density at radius 3 is 2.27 bits per heavy atom. The number of hydrogen-bond donors (Lipinski definition) is 3. The van der Waals surface area contributed by atoms with E-state index in [2.05, 4.69) is 5.32 Å². The highest BCUT2D eigenvalue weighted by molar-refractivity contribution is 5.87. The first kappa shape index (κ1) is 12.0. The topological polar surface area (TPSA) is 98.2 Å². The molecule has 5 nitrogen and oxygen atoms in total. The third kappa shape index (κ3) is 2.92. The van der Waals surface area contributed by atoms with E-state index < -0.39 is 11.3 Å². The molecule has 1 fully saturated rings. The third-order valence-corrected chi connectivity index (χ3v) is 3.11. The van der Waals surface area contributed by atoms with Crippen molar-refractivity contribution in [3.63, 3.8) is 0 Å². The number of hydrogen-bond acceptors (Lipinski definition) is 3. The lowest BCUT2D eigenvalue weighted by Gasteiger charge is -2.34. The lowest BCUT2D eigenvalue weighted by Crippen LogP contribution is -2.49.